The minimum Gasteiger partial charge on any atom is -0.381 e. The second-order valence-electron chi connectivity index (χ2n) is 1.70. The molecular formula is C5H5ClFN3S. The molecule has 11 heavy (non-hydrogen) atoms. The van der Waals surface area contributed by atoms with E-state index in [1.807, 2.05) is 0 Å². The van der Waals surface area contributed by atoms with Crippen LogP contribution in [0.5, 0.6) is 0 Å². The van der Waals surface area contributed by atoms with Crippen molar-refractivity contribution in [3.05, 3.63) is 11.0 Å². The summed E-state index contributed by atoms with van der Waals surface area (Å²) in [7, 11) is 0. The summed E-state index contributed by atoms with van der Waals surface area (Å²) >= 11 is 6.63. The van der Waals surface area contributed by atoms with Crippen LogP contribution in [0, 0.1) is 5.82 Å². The summed E-state index contributed by atoms with van der Waals surface area (Å²) in [5, 5.41) is 0.135. The lowest BCUT2D eigenvalue weighted by molar-refractivity contribution is 0.613. The van der Waals surface area contributed by atoms with Crippen LogP contribution in [0.25, 0.3) is 0 Å². The predicted molar refractivity (Wildman–Crippen MR) is 43.2 cm³/mol. The molecule has 2 N–H and O–H groups in total. The molecule has 0 aromatic carbocycles. The molecule has 0 aliphatic rings. The maximum Gasteiger partial charge on any atom is 0.202 e. The van der Waals surface area contributed by atoms with Crippen molar-refractivity contribution in [3.63, 3.8) is 0 Å². The van der Waals surface area contributed by atoms with Gasteiger partial charge in [-0.1, -0.05) is 23.4 Å². The van der Waals surface area contributed by atoms with Gasteiger partial charge in [0.15, 0.2) is 16.1 Å². The summed E-state index contributed by atoms with van der Waals surface area (Å²) in [4.78, 5) is 7.24. The maximum atomic E-state index is 12.7. The van der Waals surface area contributed by atoms with Crippen LogP contribution in [0.3, 0.4) is 0 Å². The van der Waals surface area contributed by atoms with E-state index >= 15 is 0 Å². The van der Waals surface area contributed by atoms with Crippen LogP contribution < -0.4 is 5.73 Å². The lowest BCUT2D eigenvalue weighted by atomic mass is 10.6. The quantitative estimate of drug-likeness (QED) is 0.418. The Morgan fingerprint density at radius 3 is 2.64 bits per heavy atom. The van der Waals surface area contributed by atoms with Gasteiger partial charge in [0.25, 0.3) is 0 Å². The van der Waals surface area contributed by atoms with Gasteiger partial charge in [0, 0.05) is 0 Å². The number of thioether (sulfide) groups is 1. The molecule has 0 bridgehead atoms. The van der Waals surface area contributed by atoms with Crippen LogP contribution in [0.2, 0.25) is 5.15 Å². The van der Waals surface area contributed by atoms with Gasteiger partial charge in [-0.25, -0.2) is 9.97 Å². The Morgan fingerprint density at radius 2 is 2.18 bits per heavy atom. The highest BCUT2D eigenvalue weighted by Gasteiger charge is 2.08. The highest BCUT2D eigenvalue weighted by molar-refractivity contribution is 7.98. The van der Waals surface area contributed by atoms with Gasteiger partial charge < -0.3 is 5.73 Å². The third-order valence-electron chi connectivity index (χ3n) is 0.998. The Hall–Kier alpha value is -0.550. The molecule has 3 nitrogen and oxygen atoms in total. The molecule has 0 aliphatic heterocycles. The number of aromatic nitrogens is 2. The molecule has 0 fully saturated rings. The normalized spacial score (nSPS) is 10.1. The van der Waals surface area contributed by atoms with Crippen molar-refractivity contribution >= 4 is 29.2 Å². The Bertz CT molecular complexity index is 257. The summed E-state index contributed by atoms with van der Waals surface area (Å²) in [6, 6.07) is 0. The van der Waals surface area contributed by atoms with Gasteiger partial charge in [0.1, 0.15) is 0 Å². The Balaban J connectivity index is 3.21. The van der Waals surface area contributed by atoms with E-state index in [0.717, 1.165) is 0 Å². The lowest BCUT2D eigenvalue weighted by Crippen LogP contribution is -1.99. The summed E-state index contributed by atoms with van der Waals surface area (Å²) in [6.45, 7) is 0. The van der Waals surface area contributed by atoms with Gasteiger partial charge in [0.2, 0.25) is 5.82 Å². The zero-order chi connectivity index (χ0) is 8.43. The summed E-state index contributed by atoms with van der Waals surface area (Å²) in [6.07, 6.45) is 1.75. The van der Waals surface area contributed by atoms with Gasteiger partial charge in [0.05, 0.1) is 0 Å². The third-order valence-corrected chi connectivity index (χ3v) is 1.80. The molecule has 0 amide bonds. The number of halogens is 2. The molecule has 0 aliphatic carbocycles. The molecule has 1 rings (SSSR count). The van der Waals surface area contributed by atoms with Crippen LogP contribution in [0.1, 0.15) is 0 Å². The van der Waals surface area contributed by atoms with Crippen molar-refractivity contribution in [2.45, 2.75) is 5.16 Å². The third kappa shape index (κ3) is 1.72. The molecule has 1 aromatic heterocycles. The largest absolute Gasteiger partial charge is 0.381 e. The average molecular weight is 194 g/mol. The first kappa shape index (κ1) is 8.55. The number of nitrogen functional groups attached to an aromatic ring is 1. The maximum absolute atomic E-state index is 12.7. The first-order valence-electron chi connectivity index (χ1n) is 2.67. The zero-order valence-electron chi connectivity index (χ0n) is 5.64. The van der Waals surface area contributed by atoms with E-state index < -0.39 is 5.82 Å². The molecule has 0 saturated carbocycles. The van der Waals surface area contributed by atoms with E-state index in [2.05, 4.69) is 9.97 Å². The lowest BCUT2D eigenvalue weighted by Gasteiger charge is -1.99. The average Bonchev–Trinajstić information content (AvgIpc) is 1.99. The number of nitrogens with two attached hydrogens (primary N) is 1. The zero-order valence-corrected chi connectivity index (χ0v) is 7.21. The van der Waals surface area contributed by atoms with Crippen LogP contribution in [-0.2, 0) is 0 Å². The SMILES string of the molecule is CSc1nc(N)c(F)c(Cl)n1. The van der Waals surface area contributed by atoms with Gasteiger partial charge in [-0.3, -0.25) is 0 Å². The Morgan fingerprint density at radius 1 is 1.55 bits per heavy atom. The van der Waals surface area contributed by atoms with Gasteiger partial charge in [-0.2, -0.15) is 4.39 Å². The highest BCUT2D eigenvalue weighted by atomic mass is 35.5. The van der Waals surface area contributed by atoms with Crippen molar-refractivity contribution in [3.8, 4) is 0 Å². The van der Waals surface area contributed by atoms with Gasteiger partial charge in [-0.05, 0) is 6.26 Å². The van der Waals surface area contributed by atoms with E-state index in [4.69, 9.17) is 17.3 Å². The molecule has 0 spiro atoms. The summed E-state index contributed by atoms with van der Waals surface area (Å²) < 4.78 is 12.7. The van der Waals surface area contributed by atoms with E-state index in [0.29, 0.717) is 5.16 Å². The summed E-state index contributed by atoms with van der Waals surface area (Å²) in [5.74, 6) is -0.973. The second kappa shape index (κ2) is 3.23. The monoisotopic (exact) mass is 193 g/mol. The van der Waals surface area contributed by atoms with Crippen molar-refractivity contribution in [2.24, 2.45) is 0 Å². The molecule has 6 heteroatoms. The van der Waals surface area contributed by atoms with Crippen LogP contribution in [-0.4, -0.2) is 16.2 Å². The van der Waals surface area contributed by atoms with E-state index in [1.54, 1.807) is 6.26 Å². The number of nitrogens with zero attached hydrogens (tertiary/aromatic N) is 2. The summed E-state index contributed by atoms with van der Waals surface area (Å²) in [5.41, 5.74) is 5.17. The number of rotatable bonds is 1. The van der Waals surface area contributed by atoms with Gasteiger partial charge in [-0.15, -0.1) is 0 Å². The van der Waals surface area contributed by atoms with Crippen molar-refractivity contribution in [1.29, 1.82) is 0 Å². The minimum absolute atomic E-state index is 0.214. The van der Waals surface area contributed by atoms with Crippen LogP contribution in [0.4, 0.5) is 10.2 Å². The smallest absolute Gasteiger partial charge is 0.202 e. The van der Waals surface area contributed by atoms with Crippen molar-refractivity contribution in [2.75, 3.05) is 12.0 Å². The minimum atomic E-state index is -0.760. The van der Waals surface area contributed by atoms with Crippen molar-refractivity contribution < 1.29 is 4.39 Å². The molecule has 0 atom stereocenters. The fourth-order valence-electron chi connectivity index (χ4n) is 0.507. The fourth-order valence-corrected chi connectivity index (χ4v) is 1.11. The Kier molecular flexibility index (Phi) is 2.51. The molecule has 60 valence electrons. The molecule has 1 aromatic rings. The Labute approximate surface area is 72.2 Å². The van der Waals surface area contributed by atoms with E-state index in [-0.39, 0.29) is 11.0 Å². The predicted octanol–water partition coefficient (Wildman–Crippen LogP) is 1.57. The topological polar surface area (TPSA) is 51.8 Å². The number of anilines is 1. The first-order valence-corrected chi connectivity index (χ1v) is 4.28. The number of hydrogen-bond acceptors (Lipinski definition) is 4. The van der Waals surface area contributed by atoms with Crippen molar-refractivity contribution in [1.82, 2.24) is 9.97 Å². The van der Waals surface area contributed by atoms with Crippen LogP contribution >= 0.6 is 23.4 Å². The van der Waals surface area contributed by atoms with Crippen LogP contribution in [0.15, 0.2) is 5.16 Å². The molecular weight excluding hydrogens is 189 g/mol. The fraction of sp³-hybridized carbons (Fsp3) is 0.200. The van der Waals surface area contributed by atoms with Gasteiger partial charge >= 0.3 is 0 Å². The standard InChI is InChI=1S/C5H5ClFN3S/c1-11-5-9-3(6)2(7)4(8)10-5/h1H3,(H2,8,9,10). The molecule has 0 radical (unpaired) electrons. The first-order chi connectivity index (χ1) is 5.15. The highest BCUT2D eigenvalue weighted by Crippen LogP contribution is 2.19. The molecule has 0 saturated heterocycles. The second-order valence-corrected chi connectivity index (χ2v) is 2.83. The number of hydrogen-bond donors (Lipinski definition) is 1. The van der Waals surface area contributed by atoms with E-state index in [9.17, 15) is 4.39 Å². The van der Waals surface area contributed by atoms with E-state index in [1.165, 1.54) is 11.8 Å². The molecule has 0 unspecified atom stereocenters. The molecule has 1 heterocycles.